The SMILES string of the molecule is COC(=O)C(CC(C)(F)F)NC(=O)N1CCCOCC1. The maximum Gasteiger partial charge on any atom is 0.328 e. The van der Waals surface area contributed by atoms with Crippen LogP contribution in [-0.2, 0) is 14.3 Å². The van der Waals surface area contributed by atoms with Crippen LogP contribution in [0.3, 0.4) is 0 Å². The number of esters is 1. The van der Waals surface area contributed by atoms with Gasteiger partial charge < -0.3 is 19.7 Å². The molecule has 1 aliphatic heterocycles. The highest BCUT2D eigenvalue weighted by Gasteiger charge is 2.33. The van der Waals surface area contributed by atoms with E-state index in [1.54, 1.807) is 0 Å². The zero-order chi connectivity index (χ0) is 15.2. The van der Waals surface area contributed by atoms with Crippen LogP contribution in [0.15, 0.2) is 0 Å². The maximum absolute atomic E-state index is 13.0. The van der Waals surface area contributed by atoms with Crippen LogP contribution < -0.4 is 5.32 Å². The van der Waals surface area contributed by atoms with Gasteiger partial charge in [0.25, 0.3) is 0 Å². The van der Waals surface area contributed by atoms with Crippen LogP contribution in [-0.4, -0.2) is 62.3 Å². The fourth-order valence-corrected chi connectivity index (χ4v) is 1.88. The van der Waals surface area contributed by atoms with Crippen LogP contribution in [0, 0.1) is 0 Å². The summed E-state index contributed by atoms with van der Waals surface area (Å²) < 4.78 is 35.7. The molecule has 2 amide bonds. The van der Waals surface area contributed by atoms with Crippen LogP contribution in [0.2, 0.25) is 0 Å². The van der Waals surface area contributed by atoms with Gasteiger partial charge in [0.05, 0.1) is 13.7 Å². The first-order valence-electron chi connectivity index (χ1n) is 6.42. The Hall–Kier alpha value is -1.44. The summed E-state index contributed by atoms with van der Waals surface area (Å²) in [6.45, 7) is 2.46. The molecule has 6 nitrogen and oxygen atoms in total. The van der Waals surface area contributed by atoms with Crippen LogP contribution in [0.25, 0.3) is 0 Å². The van der Waals surface area contributed by atoms with Crippen LogP contribution in [0.4, 0.5) is 13.6 Å². The van der Waals surface area contributed by atoms with E-state index in [0.717, 1.165) is 7.11 Å². The Bertz CT molecular complexity index is 339. The molecule has 0 aliphatic carbocycles. The van der Waals surface area contributed by atoms with E-state index in [9.17, 15) is 18.4 Å². The number of alkyl halides is 2. The lowest BCUT2D eigenvalue weighted by Crippen LogP contribution is -2.50. The molecule has 116 valence electrons. The summed E-state index contributed by atoms with van der Waals surface area (Å²) in [5.41, 5.74) is 0. The van der Waals surface area contributed by atoms with Crippen molar-refractivity contribution in [3.05, 3.63) is 0 Å². The summed E-state index contributed by atoms with van der Waals surface area (Å²) in [7, 11) is 1.09. The molecule has 1 aliphatic rings. The largest absolute Gasteiger partial charge is 0.467 e. The molecule has 0 spiro atoms. The van der Waals surface area contributed by atoms with Gasteiger partial charge in [0.15, 0.2) is 0 Å². The van der Waals surface area contributed by atoms with Gasteiger partial charge in [-0.2, -0.15) is 0 Å². The van der Waals surface area contributed by atoms with Crippen LogP contribution in [0.1, 0.15) is 19.8 Å². The molecule has 1 heterocycles. The summed E-state index contributed by atoms with van der Waals surface area (Å²) >= 11 is 0. The molecule has 0 aromatic carbocycles. The standard InChI is InChI=1S/C12H20F2N2O4/c1-12(13,14)8-9(10(17)19-2)15-11(18)16-4-3-6-20-7-5-16/h9H,3-8H2,1-2H3,(H,15,18). The first-order valence-corrected chi connectivity index (χ1v) is 6.42. The van der Waals surface area contributed by atoms with E-state index in [-0.39, 0.29) is 0 Å². The average molecular weight is 294 g/mol. The minimum Gasteiger partial charge on any atom is -0.467 e. The highest BCUT2D eigenvalue weighted by atomic mass is 19.3. The van der Waals surface area contributed by atoms with Gasteiger partial charge in [-0.15, -0.1) is 0 Å². The van der Waals surface area contributed by atoms with Crippen molar-refractivity contribution in [1.29, 1.82) is 0 Å². The fraction of sp³-hybridized carbons (Fsp3) is 0.833. The topological polar surface area (TPSA) is 67.9 Å². The predicted molar refractivity (Wildman–Crippen MR) is 66.6 cm³/mol. The molecular weight excluding hydrogens is 274 g/mol. The molecule has 0 saturated carbocycles. The Balaban J connectivity index is 2.63. The van der Waals surface area contributed by atoms with Gasteiger partial charge in [-0.25, -0.2) is 18.4 Å². The molecule has 1 rings (SSSR count). The van der Waals surface area contributed by atoms with Crippen molar-refractivity contribution in [2.45, 2.75) is 31.7 Å². The minimum absolute atomic E-state index is 0.363. The number of rotatable bonds is 4. The Kier molecular flexibility index (Phi) is 6.12. The van der Waals surface area contributed by atoms with Gasteiger partial charge in [-0.1, -0.05) is 0 Å². The van der Waals surface area contributed by atoms with Crippen molar-refractivity contribution >= 4 is 12.0 Å². The highest BCUT2D eigenvalue weighted by Crippen LogP contribution is 2.19. The van der Waals surface area contributed by atoms with Crippen molar-refractivity contribution in [2.75, 3.05) is 33.4 Å². The van der Waals surface area contributed by atoms with Gasteiger partial charge in [0.2, 0.25) is 5.92 Å². The van der Waals surface area contributed by atoms with Crippen LogP contribution >= 0.6 is 0 Å². The number of urea groups is 1. The normalized spacial score (nSPS) is 18.1. The first-order chi connectivity index (χ1) is 9.33. The molecule has 0 aromatic rings. The number of nitrogens with zero attached hydrogens (tertiary/aromatic N) is 1. The van der Waals surface area contributed by atoms with Crippen molar-refractivity contribution in [1.82, 2.24) is 10.2 Å². The number of amides is 2. The molecule has 1 saturated heterocycles. The number of methoxy groups -OCH3 is 1. The maximum atomic E-state index is 13.0. The van der Waals surface area contributed by atoms with Crippen LogP contribution in [0.5, 0.6) is 0 Å². The second-order valence-electron chi connectivity index (χ2n) is 4.75. The molecule has 0 bridgehead atoms. The van der Waals surface area contributed by atoms with Gasteiger partial charge in [-0.3, -0.25) is 0 Å². The lowest BCUT2D eigenvalue weighted by atomic mass is 10.1. The van der Waals surface area contributed by atoms with E-state index in [1.807, 2.05) is 0 Å². The Morgan fingerprint density at radius 3 is 2.70 bits per heavy atom. The van der Waals surface area contributed by atoms with E-state index in [4.69, 9.17) is 4.74 Å². The first kappa shape index (κ1) is 16.6. The fourth-order valence-electron chi connectivity index (χ4n) is 1.88. The number of nitrogens with one attached hydrogen (secondary N) is 1. The third-order valence-electron chi connectivity index (χ3n) is 2.86. The summed E-state index contributed by atoms with van der Waals surface area (Å²) in [6.07, 6.45) is -0.129. The number of ether oxygens (including phenoxy) is 2. The summed E-state index contributed by atoms with van der Waals surface area (Å²) in [4.78, 5) is 24.9. The number of carbonyl (C=O) groups is 2. The Morgan fingerprint density at radius 1 is 1.40 bits per heavy atom. The Morgan fingerprint density at radius 2 is 2.10 bits per heavy atom. The quantitative estimate of drug-likeness (QED) is 0.786. The van der Waals surface area contributed by atoms with Gasteiger partial charge in [0.1, 0.15) is 6.04 Å². The van der Waals surface area contributed by atoms with E-state index in [1.165, 1.54) is 4.90 Å². The zero-order valence-electron chi connectivity index (χ0n) is 11.7. The van der Waals surface area contributed by atoms with E-state index in [2.05, 4.69) is 10.1 Å². The second kappa shape index (κ2) is 7.37. The highest BCUT2D eigenvalue weighted by molar-refractivity contribution is 5.83. The monoisotopic (exact) mass is 294 g/mol. The lowest BCUT2D eigenvalue weighted by Gasteiger charge is -2.25. The third-order valence-corrected chi connectivity index (χ3v) is 2.86. The van der Waals surface area contributed by atoms with E-state index >= 15 is 0 Å². The molecule has 20 heavy (non-hydrogen) atoms. The molecule has 8 heteroatoms. The van der Waals surface area contributed by atoms with Crippen molar-refractivity contribution in [2.24, 2.45) is 0 Å². The summed E-state index contributed by atoms with van der Waals surface area (Å²) in [6, 6.07) is -1.92. The smallest absolute Gasteiger partial charge is 0.328 e. The molecule has 0 radical (unpaired) electrons. The van der Waals surface area contributed by atoms with Crippen molar-refractivity contribution in [3.8, 4) is 0 Å². The number of carbonyl (C=O) groups excluding carboxylic acids is 2. The molecule has 1 fully saturated rings. The van der Waals surface area contributed by atoms with E-state index < -0.39 is 30.4 Å². The molecule has 1 N–H and O–H groups in total. The molecular formula is C12H20F2N2O4. The number of halogens is 2. The predicted octanol–water partition coefficient (Wildman–Crippen LogP) is 1.01. The zero-order valence-corrected chi connectivity index (χ0v) is 11.7. The van der Waals surface area contributed by atoms with Crippen molar-refractivity contribution in [3.63, 3.8) is 0 Å². The molecule has 0 aromatic heterocycles. The third kappa shape index (κ3) is 5.68. The second-order valence-corrected chi connectivity index (χ2v) is 4.75. The molecule has 1 unspecified atom stereocenters. The van der Waals surface area contributed by atoms with E-state index in [0.29, 0.717) is 39.6 Å². The van der Waals surface area contributed by atoms with Gasteiger partial charge in [-0.05, 0) is 13.3 Å². The van der Waals surface area contributed by atoms with Crippen molar-refractivity contribution < 1.29 is 27.8 Å². The minimum atomic E-state index is -3.08. The van der Waals surface area contributed by atoms with Gasteiger partial charge >= 0.3 is 12.0 Å². The summed E-state index contributed by atoms with van der Waals surface area (Å²) in [5.74, 6) is -3.96. The average Bonchev–Trinajstić information content (AvgIpc) is 2.64. The molecule has 1 atom stereocenters. The van der Waals surface area contributed by atoms with Gasteiger partial charge in [0, 0.05) is 26.1 Å². The lowest BCUT2D eigenvalue weighted by molar-refractivity contribution is -0.145. The Labute approximate surface area is 116 Å². The summed E-state index contributed by atoms with van der Waals surface area (Å²) in [5, 5.41) is 2.30. The number of hydrogen-bond acceptors (Lipinski definition) is 4. The number of hydrogen-bond donors (Lipinski definition) is 1.